The number of amides is 2. The second kappa shape index (κ2) is 7.83. The number of hydrogen-bond donors (Lipinski definition) is 1. The first-order valence-corrected chi connectivity index (χ1v) is 8.37. The van der Waals surface area contributed by atoms with Gasteiger partial charge in [0.1, 0.15) is 11.5 Å². The average Bonchev–Trinajstić information content (AvgIpc) is 3.05. The lowest BCUT2D eigenvalue weighted by Gasteiger charge is -2.26. The molecule has 1 aromatic carbocycles. The summed E-state index contributed by atoms with van der Waals surface area (Å²) in [6, 6.07) is 8.34. The van der Waals surface area contributed by atoms with Crippen molar-refractivity contribution in [2.45, 2.75) is 26.2 Å². The normalized spacial score (nSPS) is 14.2. The van der Waals surface area contributed by atoms with Crippen molar-refractivity contribution >= 4 is 17.6 Å². The predicted octanol–water partition coefficient (Wildman–Crippen LogP) is 2.63. The van der Waals surface area contributed by atoms with Crippen molar-refractivity contribution in [2.24, 2.45) is 0 Å². The lowest BCUT2D eigenvalue weighted by atomic mass is 10.1. The molecule has 0 radical (unpaired) electrons. The molecule has 0 bridgehead atoms. The van der Waals surface area contributed by atoms with E-state index in [0.29, 0.717) is 22.9 Å². The molecule has 7 nitrogen and oxygen atoms in total. The molecule has 0 saturated carbocycles. The number of ether oxygens (including phenoxy) is 1. The Morgan fingerprint density at radius 1 is 1.24 bits per heavy atom. The van der Waals surface area contributed by atoms with Crippen LogP contribution in [-0.2, 0) is 4.79 Å². The monoisotopic (exact) mass is 343 g/mol. The molecule has 1 fully saturated rings. The molecule has 0 spiro atoms. The van der Waals surface area contributed by atoms with Gasteiger partial charge in [-0.05, 0) is 44.4 Å². The molecule has 2 aromatic rings. The summed E-state index contributed by atoms with van der Waals surface area (Å²) in [5.41, 5.74) is 0.420. The molecule has 0 unspecified atom stereocenters. The Balaban J connectivity index is 1.57. The van der Waals surface area contributed by atoms with Crippen molar-refractivity contribution in [1.82, 2.24) is 10.1 Å². The summed E-state index contributed by atoms with van der Waals surface area (Å²) in [4.78, 5) is 26.2. The number of aryl methyl sites for hydroxylation is 1. The molecule has 1 aliphatic heterocycles. The molecular formula is C18H21N3O4. The van der Waals surface area contributed by atoms with Crippen LogP contribution in [0.3, 0.4) is 0 Å². The third kappa shape index (κ3) is 4.59. The van der Waals surface area contributed by atoms with E-state index in [0.717, 1.165) is 25.9 Å². The number of hydrogen-bond acceptors (Lipinski definition) is 5. The van der Waals surface area contributed by atoms with Gasteiger partial charge in [0.2, 0.25) is 0 Å². The molecule has 3 rings (SSSR count). The van der Waals surface area contributed by atoms with Crippen LogP contribution in [0.25, 0.3) is 0 Å². The van der Waals surface area contributed by atoms with Gasteiger partial charge in [-0.3, -0.25) is 9.59 Å². The van der Waals surface area contributed by atoms with Crippen LogP contribution in [0.5, 0.6) is 5.75 Å². The van der Waals surface area contributed by atoms with Crippen molar-refractivity contribution in [3.05, 3.63) is 41.7 Å². The number of rotatable bonds is 5. The zero-order chi connectivity index (χ0) is 17.6. The van der Waals surface area contributed by atoms with Crippen LogP contribution in [0.15, 0.2) is 34.9 Å². The van der Waals surface area contributed by atoms with Gasteiger partial charge in [-0.25, -0.2) is 0 Å². The fourth-order valence-corrected chi connectivity index (χ4v) is 2.72. The van der Waals surface area contributed by atoms with Gasteiger partial charge in [0, 0.05) is 24.7 Å². The summed E-state index contributed by atoms with van der Waals surface area (Å²) in [5, 5.41) is 6.37. The van der Waals surface area contributed by atoms with Crippen LogP contribution in [-0.4, -0.2) is 41.6 Å². The van der Waals surface area contributed by atoms with Crippen LogP contribution in [0.2, 0.25) is 0 Å². The average molecular weight is 343 g/mol. The lowest BCUT2D eigenvalue weighted by Crippen LogP contribution is -2.38. The highest BCUT2D eigenvalue weighted by molar-refractivity contribution is 6.04. The summed E-state index contributed by atoms with van der Waals surface area (Å²) in [6.07, 6.45) is 3.26. The Bertz CT molecular complexity index is 750. The maximum absolute atomic E-state index is 12.2. The van der Waals surface area contributed by atoms with Crippen LogP contribution >= 0.6 is 0 Å². The Morgan fingerprint density at radius 3 is 2.76 bits per heavy atom. The third-order valence-corrected chi connectivity index (χ3v) is 4.04. The summed E-state index contributed by atoms with van der Waals surface area (Å²) in [6.45, 7) is 3.31. The Hall–Kier alpha value is -2.83. The largest absolute Gasteiger partial charge is 0.484 e. The topological polar surface area (TPSA) is 84.7 Å². The van der Waals surface area contributed by atoms with Gasteiger partial charge in [0.25, 0.3) is 11.8 Å². The van der Waals surface area contributed by atoms with Crippen molar-refractivity contribution in [3.8, 4) is 5.75 Å². The Labute approximate surface area is 145 Å². The van der Waals surface area contributed by atoms with Crippen molar-refractivity contribution in [1.29, 1.82) is 0 Å². The molecule has 132 valence electrons. The maximum Gasteiger partial charge on any atom is 0.260 e. The zero-order valence-electron chi connectivity index (χ0n) is 14.2. The van der Waals surface area contributed by atoms with Crippen molar-refractivity contribution in [3.63, 3.8) is 0 Å². The highest BCUT2D eigenvalue weighted by Crippen LogP contribution is 2.16. The number of nitrogens with zero attached hydrogens (tertiary/aromatic N) is 2. The van der Waals surface area contributed by atoms with E-state index >= 15 is 0 Å². The standard InChI is InChI=1S/C18H21N3O4/c1-13-10-16(20-25-13)19-18(23)14-6-5-7-15(11-14)24-12-17(22)21-8-3-2-4-9-21/h5-7,10-11H,2-4,8-9,12H2,1H3,(H,19,20,23). The first-order valence-electron chi connectivity index (χ1n) is 8.37. The molecule has 1 aromatic heterocycles. The van der Waals surface area contributed by atoms with Crippen LogP contribution < -0.4 is 10.1 Å². The van der Waals surface area contributed by atoms with E-state index in [-0.39, 0.29) is 18.4 Å². The van der Waals surface area contributed by atoms with E-state index in [1.807, 2.05) is 4.90 Å². The highest BCUT2D eigenvalue weighted by atomic mass is 16.5. The molecule has 2 amide bonds. The van der Waals surface area contributed by atoms with Crippen LogP contribution in [0, 0.1) is 6.92 Å². The number of nitrogens with one attached hydrogen (secondary N) is 1. The minimum atomic E-state index is -0.318. The van der Waals surface area contributed by atoms with Gasteiger partial charge in [-0.15, -0.1) is 0 Å². The molecular weight excluding hydrogens is 322 g/mol. The number of benzene rings is 1. The predicted molar refractivity (Wildman–Crippen MR) is 91.6 cm³/mol. The second-order valence-corrected chi connectivity index (χ2v) is 6.03. The quantitative estimate of drug-likeness (QED) is 0.902. The van der Waals surface area contributed by atoms with Crippen molar-refractivity contribution < 1.29 is 18.8 Å². The smallest absolute Gasteiger partial charge is 0.260 e. The zero-order valence-corrected chi connectivity index (χ0v) is 14.2. The van der Waals surface area contributed by atoms with Crippen molar-refractivity contribution in [2.75, 3.05) is 25.0 Å². The minimum Gasteiger partial charge on any atom is -0.484 e. The fraction of sp³-hybridized carbons (Fsp3) is 0.389. The SMILES string of the molecule is Cc1cc(NC(=O)c2cccc(OCC(=O)N3CCCCC3)c2)no1. The molecule has 2 heterocycles. The van der Waals surface area contributed by atoms with Gasteiger partial charge in [0.05, 0.1) is 0 Å². The van der Waals surface area contributed by atoms with E-state index in [1.54, 1.807) is 37.3 Å². The van der Waals surface area contributed by atoms with Crippen LogP contribution in [0.4, 0.5) is 5.82 Å². The fourth-order valence-electron chi connectivity index (χ4n) is 2.72. The van der Waals surface area contributed by atoms with Gasteiger partial charge in [-0.2, -0.15) is 0 Å². The summed E-state index contributed by atoms with van der Waals surface area (Å²) in [5.74, 6) is 1.11. The molecule has 7 heteroatoms. The highest BCUT2D eigenvalue weighted by Gasteiger charge is 2.17. The molecule has 0 aliphatic carbocycles. The molecule has 1 N–H and O–H groups in total. The van der Waals surface area contributed by atoms with Gasteiger partial charge in [-0.1, -0.05) is 11.2 Å². The first kappa shape index (κ1) is 17.0. The third-order valence-electron chi connectivity index (χ3n) is 4.04. The first-order chi connectivity index (χ1) is 12.1. The van der Waals surface area contributed by atoms with E-state index in [1.165, 1.54) is 6.42 Å². The summed E-state index contributed by atoms with van der Waals surface area (Å²) < 4.78 is 10.5. The van der Waals surface area contributed by atoms with E-state index in [9.17, 15) is 9.59 Å². The van der Waals surface area contributed by atoms with E-state index in [2.05, 4.69) is 10.5 Å². The molecule has 0 atom stereocenters. The molecule has 1 aliphatic rings. The minimum absolute atomic E-state index is 0.0203. The Kier molecular flexibility index (Phi) is 5.33. The lowest BCUT2D eigenvalue weighted by molar-refractivity contribution is -0.134. The number of carbonyl (C=O) groups excluding carboxylic acids is 2. The second-order valence-electron chi connectivity index (χ2n) is 6.03. The molecule has 25 heavy (non-hydrogen) atoms. The summed E-state index contributed by atoms with van der Waals surface area (Å²) >= 11 is 0. The maximum atomic E-state index is 12.2. The number of piperidine rings is 1. The molecule has 1 saturated heterocycles. The van der Waals surface area contributed by atoms with Gasteiger partial charge >= 0.3 is 0 Å². The van der Waals surface area contributed by atoms with E-state index in [4.69, 9.17) is 9.26 Å². The van der Waals surface area contributed by atoms with Gasteiger partial charge < -0.3 is 19.5 Å². The van der Waals surface area contributed by atoms with Gasteiger partial charge in [0.15, 0.2) is 12.4 Å². The number of anilines is 1. The Morgan fingerprint density at radius 2 is 2.04 bits per heavy atom. The number of aromatic nitrogens is 1. The number of likely N-dealkylation sites (tertiary alicyclic amines) is 1. The van der Waals surface area contributed by atoms with E-state index < -0.39 is 0 Å². The summed E-state index contributed by atoms with van der Waals surface area (Å²) in [7, 11) is 0. The van der Waals surface area contributed by atoms with Crippen LogP contribution in [0.1, 0.15) is 35.4 Å². The number of carbonyl (C=O) groups is 2.